The number of amides is 1. The molecule has 0 bridgehead atoms. The van der Waals surface area contributed by atoms with Gasteiger partial charge in [0.1, 0.15) is 11.6 Å². The number of halogens is 2. The van der Waals surface area contributed by atoms with Crippen molar-refractivity contribution >= 4 is 11.6 Å². The molecule has 0 radical (unpaired) electrons. The fourth-order valence-electron chi connectivity index (χ4n) is 3.03. The Morgan fingerprint density at radius 3 is 2.23 bits per heavy atom. The van der Waals surface area contributed by atoms with E-state index in [1.807, 2.05) is 13.8 Å². The van der Waals surface area contributed by atoms with E-state index >= 15 is 0 Å². The van der Waals surface area contributed by atoms with Gasteiger partial charge in [-0.3, -0.25) is 9.78 Å². The minimum Gasteiger partial charge on any atom is -0.321 e. The van der Waals surface area contributed by atoms with Gasteiger partial charge in [0.05, 0.1) is 11.3 Å². The number of carbonyl (C=O) groups excluding carboxylic acids is 1. The summed E-state index contributed by atoms with van der Waals surface area (Å²) < 4.78 is 28.7. The van der Waals surface area contributed by atoms with Crippen LogP contribution < -0.4 is 5.32 Å². The molecule has 1 aromatic carbocycles. The van der Waals surface area contributed by atoms with Crippen LogP contribution in [0.3, 0.4) is 0 Å². The summed E-state index contributed by atoms with van der Waals surface area (Å²) in [7, 11) is 0. The summed E-state index contributed by atoms with van der Waals surface area (Å²) in [6.45, 7) is 6.98. The fourth-order valence-corrected chi connectivity index (χ4v) is 3.03. The second-order valence-corrected chi connectivity index (χ2v) is 6.09. The van der Waals surface area contributed by atoms with Crippen LogP contribution in [0.15, 0.2) is 12.1 Å². The Balaban J connectivity index is 2.53. The molecule has 0 spiro atoms. The lowest BCUT2D eigenvalue weighted by atomic mass is 10.0. The standard InChI is InChI=1S/C21H22F2N2O/c1-6-9-17-12(4)24-13(5)18(19(17)23)21(26)25-20-14(7-2)10-16(22)11-15(20)8-3/h1,10-11H,7-9H2,2-5H3,(H,25,26). The van der Waals surface area contributed by atoms with E-state index in [0.29, 0.717) is 35.3 Å². The predicted molar refractivity (Wildman–Crippen MR) is 99.3 cm³/mol. The first-order valence-corrected chi connectivity index (χ1v) is 8.55. The summed E-state index contributed by atoms with van der Waals surface area (Å²) in [6.07, 6.45) is 6.43. The van der Waals surface area contributed by atoms with Gasteiger partial charge in [0, 0.05) is 23.4 Å². The van der Waals surface area contributed by atoms with Gasteiger partial charge >= 0.3 is 0 Å². The molecule has 136 valence electrons. The molecule has 0 saturated heterocycles. The lowest BCUT2D eigenvalue weighted by molar-refractivity contribution is 0.102. The van der Waals surface area contributed by atoms with Gasteiger partial charge in [-0.05, 0) is 49.9 Å². The van der Waals surface area contributed by atoms with E-state index in [0.717, 1.165) is 0 Å². The zero-order valence-corrected chi connectivity index (χ0v) is 15.5. The maximum absolute atomic E-state index is 14.9. The van der Waals surface area contributed by atoms with E-state index < -0.39 is 11.7 Å². The third kappa shape index (κ3) is 3.75. The van der Waals surface area contributed by atoms with Crippen LogP contribution in [0.2, 0.25) is 0 Å². The second-order valence-electron chi connectivity index (χ2n) is 6.09. The van der Waals surface area contributed by atoms with Crippen molar-refractivity contribution in [1.82, 2.24) is 4.98 Å². The molecular weight excluding hydrogens is 334 g/mol. The van der Waals surface area contributed by atoms with Gasteiger partial charge in [-0.15, -0.1) is 12.3 Å². The minimum absolute atomic E-state index is 0.0577. The van der Waals surface area contributed by atoms with Crippen LogP contribution >= 0.6 is 0 Å². The lowest BCUT2D eigenvalue weighted by Gasteiger charge is -2.17. The molecule has 0 atom stereocenters. The Bertz CT molecular complexity index is 873. The highest BCUT2D eigenvalue weighted by Crippen LogP contribution is 2.27. The van der Waals surface area contributed by atoms with Gasteiger partial charge in [-0.25, -0.2) is 8.78 Å². The molecule has 2 rings (SSSR count). The van der Waals surface area contributed by atoms with Crippen LogP contribution in [-0.4, -0.2) is 10.9 Å². The summed E-state index contributed by atoms with van der Waals surface area (Å²) in [4.78, 5) is 17.1. The zero-order chi connectivity index (χ0) is 19.4. The molecule has 2 aromatic rings. The van der Waals surface area contributed by atoms with Gasteiger partial charge in [-0.2, -0.15) is 0 Å². The molecule has 0 fully saturated rings. The van der Waals surface area contributed by atoms with Crippen LogP contribution in [0, 0.1) is 37.8 Å². The number of rotatable bonds is 5. The molecule has 3 nitrogen and oxygen atoms in total. The number of nitrogens with zero attached hydrogens (tertiary/aromatic N) is 1. The fraction of sp³-hybridized carbons (Fsp3) is 0.333. The van der Waals surface area contributed by atoms with E-state index in [1.54, 1.807) is 13.8 Å². The van der Waals surface area contributed by atoms with Crippen molar-refractivity contribution in [2.75, 3.05) is 5.32 Å². The number of nitrogens with one attached hydrogen (secondary N) is 1. The molecule has 0 unspecified atom stereocenters. The van der Waals surface area contributed by atoms with Gasteiger partial charge in [0.2, 0.25) is 0 Å². The number of aryl methyl sites for hydroxylation is 4. The van der Waals surface area contributed by atoms with Crippen molar-refractivity contribution in [3.05, 3.63) is 57.4 Å². The molecule has 5 heteroatoms. The van der Waals surface area contributed by atoms with E-state index in [1.165, 1.54) is 12.1 Å². The topological polar surface area (TPSA) is 42.0 Å². The molecule has 1 aromatic heterocycles. The Labute approximate surface area is 152 Å². The first-order valence-electron chi connectivity index (χ1n) is 8.55. The van der Waals surface area contributed by atoms with Crippen molar-refractivity contribution < 1.29 is 13.6 Å². The smallest absolute Gasteiger partial charge is 0.260 e. The highest BCUT2D eigenvalue weighted by atomic mass is 19.1. The predicted octanol–water partition coefficient (Wildman–Crippen LogP) is 4.53. The summed E-state index contributed by atoms with van der Waals surface area (Å²) >= 11 is 0. The number of hydrogen-bond donors (Lipinski definition) is 1. The molecule has 0 aliphatic carbocycles. The molecule has 1 N–H and O–H groups in total. The number of anilines is 1. The summed E-state index contributed by atoms with van der Waals surface area (Å²) in [5, 5.41) is 2.76. The van der Waals surface area contributed by atoms with Crippen molar-refractivity contribution in [2.24, 2.45) is 0 Å². The molecular formula is C21H22F2N2O. The van der Waals surface area contributed by atoms with Crippen molar-refractivity contribution in [3.8, 4) is 12.3 Å². The lowest BCUT2D eigenvalue weighted by Crippen LogP contribution is -2.20. The SMILES string of the molecule is C#CCc1c(C)nc(C)c(C(=O)Nc2c(CC)cc(F)cc2CC)c1F. The number of aromatic nitrogens is 1. The Morgan fingerprint density at radius 2 is 1.73 bits per heavy atom. The van der Waals surface area contributed by atoms with Crippen molar-refractivity contribution in [3.63, 3.8) is 0 Å². The van der Waals surface area contributed by atoms with Crippen LogP contribution in [0.1, 0.15) is 52.3 Å². The van der Waals surface area contributed by atoms with Gasteiger partial charge in [-0.1, -0.05) is 13.8 Å². The average Bonchev–Trinajstić information content (AvgIpc) is 2.59. The van der Waals surface area contributed by atoms with Gasteiger partial charge in [0.25, 0.3) is 5.91 Å². The number of benzene rings is 1. The normalized spacial score (nSPS) is 10.5. The van der Waals surface area contributed by atoms with E-state index in [4.69, 9.17) is 6.42 Å². The molecule has 1 amide bonds. The third-order valence-corrected chi connectivity index (χ3v) is 4.39. The average molecular weight is 356 g/mol. The minimum atomic E-state index is -0.649. The largest absolute Gasteiger partial charge is 0.321 e. The second kappa shape index (κ2) is 8.09. The van der Waals surface area contributed by atoms with Crippen LogP contribution in [-0.2, 0) is 19.3 Å². The summed E-state index contributed by atoms with van der Waals surface area (Å²) in [5.74, 6) is 0.777. The molecule has 26 heavy (non-hydrogen) atoms. The number of pyridine rings is 1. The van der Waals surface area contributed by atoms with Crippen molar-refractivity contribution in [2.45, 2.75) is 47.0 Å². The van der Waals surface area contributed by atoms with Crippen LogP contribution in [0.25, 0.3) is 0 Å². The zero-order valence-electron chi connectivity index (χ0n) is 15.5. The third-order valence-electron chi connectivity index (χ3n) is 4.39. The maximum atomic E-state index is 14.9. The van der Waals surface area contributed by atoms with Gasteiger partial charge in [0.15, 0.2) is 0 Å². The number of carbonyl (C=O) groups is 1. The number of hydrogen-bond acceptors (Lipinski definition) is 2. The number of terminal acetylenes is 1. The first kappa shape index (κ1) is 19.6. The molecule has 0 aliphatic heterocycles. The van der Waals surface area contributed by atoms with Crippen molar-refractivity contribution in [1.29, 1.82) is 0 Å². The molecule has 0 saturated carbocycles. The Kier molecular flexibility index (Phi) is 6.10. The monoisotopic (exact) mass is 356 g/mol. The first-order chi connectivity index (χ1) is 12.3. The summed E-state index contributed by atoms with van der Waals surface area (Å²) in [5.41, 5.74) is 2.73. The van der Waals surface area contributed by atoms with E-state index in [9.17, 15) is 13.6 Å². The quantitative estimate of drug-likeness (QED) is 0.800. The van der Waals surface area contributed by atoms with Gasteiger partial charge < -0.3 is 5.32 Å². The Hall–Kier alpha value is -2.74. The van der Waals surface area contributed by atoms with E-state index in [-0.39, 0.29) is 29.1 Å². The maximum Gasteiger partial charge on any atom is 0.260 e. The highest BCUT2D eigenvalue weighted by molar-refractivity contribution is 6.06. The van der Waals surface area contributed by atoms with Crippen LogP contribution in [0.5, 0.6) is 0 Å². The highest BCUT2D eigenvalue weighted by Gasteiger charge is 2.22. The Morgan fingerprint density at radius 1 is 1.15 bits per heavy atom. The molecule has 1 heterocycles. The van der Waals surface area contributed by atoms with E-state index in [2.05, 4.69) is 16.2 Å². The van der Waals surface area contributed by atoms with Crippen LogP contribution in [0.4, 0.5) is 14.5 Å². The summed E-state index contributed by atoms with van der Waals surface area (Å²) in [6, 6.07) is 2.77. The molecule has 0 aliphatic rings.